The largest absolute Gasteiger partial charge is 0.299 e. The molecule has 0 amide bonds. The standard InChI is InChI=1S/C20H11N3S/c1-2-7-17-12(5-1)14-10-21-11-15-13-9-18(16-6-3-4-8-22-16)24-20(13)23(17)19(14)15/h1-11H. The van der Waals surface area contributed by atoms with Gasteiger partial charge in [0, 0.05) is 40.1 Å². The zero-order valence-electron chi connectivity index (χ0n) is 12.6. The number of pyridine rings is 2. The van der Waals surface area contributed by atoms with Crippen LogP contribution in [0.5, 0.6) is 0 Å². The SMILES string of the molecule is c1ccc(-c2cc3c4cncc5c6ccccc6n(c3s2)c54)nc1. The highest BCUT2D eigenvalue weighted by Gasteiger charge is 2.19. The number of thiophene rings is 1. The molecule has 6 rings (SSSR count). The summed E-state index contributed by atoms with van der Waals surface area (Å²) in [5.41, 5.74) is 3.55. The van der Waals surface area contributed by atoms with E-state index < -0.39 is 0 Å². The van der Waals surface area contributed by atoms with E-state index in [0.29, 0.717) is 0 Å². The van der Waals surface area contributed by atoms with Crippen molar-refractivity contribution in [3.63, 3.8) is 0 Å². The molecule has 1 aromatic carbocycles. The van der Waals surface area contributed by atoms with Crippen molar-refractivity contribution in [1.29, 1.82) is 0 Å². The molecule has 5 aromatic heterocycles. The maximum atomic E-state index is 4.50. The van der Waals surface area contributed by atoms with Gasteiger partial charge >= 0.3 is 0 Å². The summed E-state index contributed by atoms with van der Waals surface area (Å²) in [6, 6.07) is 16.9. The monoisotopic (exact) mass is 325 g/mol. The molecule has 3 nitrogen and oxygen atoms in total. The Hall–Kier alpha value is -2.98. The maximum Gasteiger partial charge on any atom is 0.109 e. The van der Waals surface area contributed by atoms with E-state index in [0.717, 1.165) is 5.69 Å². The number of para-hydroxylation sites is 1. The third-order valence-electron chi connectivity index (χ3n) is 4.70. The number of hydrogen-bond donors (Lipinski definition) is 0. The van der Waals surface area contributed by atoms with Gasteiger partial charge in [-0.3, -0.25) is 14.4 Å². The summed E-state index contributed by atoms with van der Waals surface area (Å²) in [4.78, 5) is 11.5. The molecule has 24 heavy (non-hydrogen) atoms. The molecule has 0 saturated heterocycles. The summed E-state index contributed by atoms with van der Waals surface area (Å²) in [6.07, 6.45) is 5.81. The Labute approximate surface area is 141 Å². The Bertz CT molecular complexity index is 1350. The first-order chi connectivity index (χ1) is 11.9. The maximum absolute atomic E-state index is 4.50. The van der Waals surface area contributed by atoms with Gasteiger partial charge in [-0.2, -0.15) is 0 Å². The Kier molecular flexibility index (Phi) is 2.23. The zero-order valence-corrected chi connectivity index (χ0v) is 13.4. The van der Waals surface area contributed by atoms with Gasteiger partial charge in [0.05, 0.1) is 21.6 Å². The summed E-state index contributed by atoms with van der Waals surface area (Å²) in [6.45, 7) is 0. The van der Waals surface area contributed by atoms with Crippen LogP contribution in [0.1, 0.15) is 0 Å². The molecular formula is C20H11N3S. The number of hydrogen-bond acceptors (Lipinski definition) is 3. The van der Waals surface area contributed by atoms with E-state index in [1.54, 1.807) is 11.3 Å². The lowest BCUT2D eigenvalue weighted by atomic mass is 10.1. The van der Waals surface area contributed by atoms with Crippen molar-refractivity contribution in [2.45, 2.75) is 0 Å². The van der Waals surface area contributed by atoms with Gasteiger partial charge in [-0.25, -0.2) is 0 Å². The van der Waals surface area contributed by atoms with E-state index in [1.807, 2.05) is 30.7 Å². The van der Waals surface area contributed by atoms with Gasteiger partial charge in [0.1, 0.15) is 4.83 Å². The van der Waals surface area contributed by atoms with Crippen LogP contribution in [0.15, 0.2) is 67.1 Å². The topological polar surface area (TPSA) is 30.2 Å². The van der Waals surface area contributed by atoms with Crippen molar-refractivity contribution < 1.29 is 0 Å². The third kappa shape index (κ3) is 1.42. The van der Waals surface area contributed by atoms with E-state index in [4.69, 9.17) is 0 Å². The van der Waals surface area contributed by atoms with Gasteiger partial charge in [-0.15, -0.1) is 11.3 Å². The molecule has 0 bridgehead atoms. The van der Waals surface area contributed by atoms with Crippen molar-refractivity contribution in [3.8, 4) is 10.6 Å². The van der Waals surface area contributed by atoms with Crippen LogP contribution in [0.4, 0.5) is 0 Å². The summed E-state index contributed by atoms with van der Waals surface area (Å²) in [5, 5.41) is 4.97. The third-order valence-corrected chi connectivity index (χ3v) is 5.84. The van der Waals surface area contributed by atoms with E-state index in [1.165, 1.54) is 42.3 Å². The number of benzene rings is 1. The lowest BCUT2D eigenvalue weighted by Gasteiger charge is -1.95. The second-order valence-corrected chi connectivity index (χ2v) is 7.01. The second kappa shape index (κ2) is 4.30. The quantitative estimate of drug-likeness (QED) is 0.407. The normalized spacial score (nSPS) is 12.2. The molecule has 0 aliphatic carbocycles. The number of aromatic nitrogens is 3. The minimum absolute atomic E-state index is 1.02. The Morgan fingerprint density at radius 3 is 2.54 bits per heavy atom. The predicted octanol–water partition coefficient (Wildman–Crippen LogP) is 5.36. The average molecular weight is 325 g/mol. The molecule has 4 heteroatoms. The molecule has 112 valence electrons. The predicted molar refractivity (Wildman–Crippen MR) is 100 cm³/mol. The molecule has 0 fully saturated rings. The highest BCUT2D eigenvalue weighted by Crippen LogP contribution is 2.43. The van der Waals surface area contributed by atoms with Crippen LogP contribution in [-0.4, -0.2) is 14.4 Å². The first-order valence-corrected chi connectivity index (χ1v) is 8.66. The summed E-state index contributed by atoms with van der Waals surface area (Å²) < 4.78 is 2.38. The van der Waals surface area contributed by atoms with Crippen molar-refractivity contribution in [1.82, 2.24) is 14.4 Å². The van der Waals surface area contributed by atoms with Crippen molar-refractivity contribution in [2.24, 2.45) is 0 Å². The molecule has 0 aliphatic heterocycles. The van der Waals surface area contributed by atoms with Crippen LogP contribution in [0.2, 0.25) is 0 Å². The van der Waals surface area contributed by atoms with Crippen LogP contribution in [0, 0.1) is 0 Å². The minimum atomic E-state index is 1.02. The lowest BCUT2D eigenvalue weighted by Crippen LogP contribution is -1.78. The molecule has 0 unspecified atom stereocenters. The van der Waals surface area contributed by atoms with Crippen LogP contribution >= 0.6 is 11.3 Å². The van der Waals surface area contributed by atoms with Crippen molar-refractivity contribution in [3.05, 3.63) is 67.1 Å². The Morgan fingerprint density at radius 1 is 0.833 bits per heavy atom. The fourth-order valence-electron chi connectivity index (χ4n) is 3.69. The van der Waals surface area contributed by atoms with Crippen LogP contribution < -0.4 is 0 Å². The van der Waals surface area contributed by atoms with Crippen LogP contribution in [0.3, 0.4) is 0 Å². The number of fused-ring (bicyclic) bond motifs is 6. The van der Waals surface area contributed by atoms with Gasteiger partial charge < -0.3 is 0 Å². The number of rotatable bonds is 1. The van der Waals surface area contributed by atoms with Crippen molar-refractivity contribution >= 4 is 48.7 Å². The summed E-state index contributed by atoms with van der Waals surface area (Å²) >= 11 is 1.80. The van der Waals surface area contributed by atoms with Gasteiger partial charge in [0.2, 0.25) is 0 Å². The molecule has 6 aromatic rings. The molecule has 0 saturated carbocycles. The molecular weight excluding hydrogens is 314 g/mol. The second-order valence-electron chi connectivity index (χ2n) is 5.98. The first kappa shape index (κ1) is 12.4. The summed E-state index contributed by atoms with van der Waals surface area (Å²) in [7, 11) is 0. The van der Waals surface area contributed by atoms with E-state index in [2.05, 4.69) is 50.8 Å². The van der Waals surface area contributed by atoms with Gasteiger partial charge in [0.25, 0.3) is 0 Å². The van der Waals surface area contributed by atoms with Gasteiger partial charge in [0.15, 0.2) is 0 Å². The first-order valence-electron chi connectivity index (χ1n) is 7.85. The fraction of sp³-hybridized carbons (Fsp3) is 0. The van der Waals surface area contributed by atoms with Crippen LogP contribution in [0.25, 0.3) is 48.0 Å². The molecule has 0 N–H and O–H groups in total. The van der Waals surface area contributed by atoms with Gasteiger partial charge in [-0.1, -0.05) is 24.3 Å². The van der Waals surface area contributed by atoms with E-state index in [-0.39, 0.29) is 0 Å². The number of nitrogens with zero attached hydrogens (tertiary/aromatic N) is 3. The fourth-order valence-corrected chi connectivity index (χ4v) is 4.86. The molecule has 0 atom stereocenters. The molecule has 0 aliphatic rings. The van der Waals surface area contributed by atoms with Crippen LogP contribution in [-0.2, 0) is 0 Å². The Morgan fingerprint density at radius 2 is 1.67 bits per heavy atom. The highest BCUT2D eigenvalue weighted by molar-refractivity contribution is 7.22. The minimum Gasteiger partial charge on any atom is -0.299 e. The Balaban J connectivity index is 1.85. The molecule has 0 spiro atoms. The van der Waals surface area contributed by atoms with E-state index in [9.17, 15) is 0 Å². The smallest absolute Gasteiger partial charge is 0.109 e. The van der Waals surface area contributed by atoms with Gasteiger partial charge in [-0.05, 0) is 24.3 Å². The highest BCUT2D eigenvalue weighted by atomic mass is 32.1. The van der Waals surface area contributed by atoms with E-state index >= 15 is 0 Å². The lowest BCUT2D eigenvalue weighted by molar-refractivity contribution is 1.34. The summed E-state index contributed by atoms with van der Waals surface area (Å²) in [5.74, 6) is 0. The van der Waals surface area contributed by atoms with Crippen molar-refractivity contribution in [2.75, 3.05) is 0 Å². The molecule has 0 radical (unpaired) electrons. The molecule has 5 heterocycles. The average Bonchev–Trinajstić information content (AvgIpc) is 3.29. The zero-order chi connectivity index (χ0) is 15.7.